The van der Waals surface area contributed by atoms with Crippen LogP contribution < -0.4 is 20.1 Å². The number of carbonyl (C=O) groups excluding carboxylic acids is 4. The van der Waals surface area contributed by atoms with Crippen LogP contribution in [0.2, 0.25) is 0 Å². The first-order valence-corrected chi connectivity index (χ1v) is 11.9. The van der Waals surface area contributed by atoms with Gasteiger partial charge in [-0.25, -0.2) is 0 Å². The van der Waals surface area contributed by atoms with Crippen LogP contribution >= 0.6 is 11.8 Å². The molecule has 0 radical (unpaired) electrons. The van der Waals surface area contributed by atoms with Gasteiger partial charge < -0.3 is 20.1 Å². The van der Waals surface area contributed by atoms with Crippen molar-refractivity contribution < 1.29 is 28.7 Å². The Kier molecular flexibility index (Phi) is 7.40. The lowest BCUT2D eigenvalue weighted by Crippen LogP contribution is -2.51. The van der Waals surface area contributed by atoms with Crippen molar-refractivity contribution in [1.82, 2.24) is 15.5 Å². The van der Waals surface area contributed by atoms with Crippen LogP contribution in [-0.2, 0) is 9.59 Å². The number of imide groups is 1. The summed E-state index contributed by atoms with van der Waals surface area (Å²) >= 11 is 0.843. The van der Waals surface area contributed by atoms with Crippen molar-refractivity contribution in [1.29, 1.82) is 0 Å². The number of amides is 4. The fourth-order valence-corrected chi connectivity index (χ4v) is 4.46. The normalized spacial score (nSPS) is 16.7. The number of ether oxygens (including phenoxy) is 2. The lowest BCUT2D eigenvalue weighted by Gasteiger charge is -2.22. The molecule has 0 spiro atoms. The SMILES string of the molecule is CC(C)[C@H](NC(=O)c1ccccc1)C(=O)NCCN1C(=O)SC(=Cc2ccc3c(c2)OCO3)C1=O. The minimum Gasteiger partial charge on any atom is -0.454 e. The number of nitrogens with zero attached hydrogens (tertiary/aromatic N) is 1. The first-order chi connectivity index (χ1) is 16.8. The molecule has 4 amide bonds. The molecule has 2 aliphatic rings. The van der Waals surface area contributed by atoms with E-state index in [1.807, 2.05) is 13.8 Å². The van der Waals surface area contributed by atoms with E-state index in [9.17, 15) is 19.2 Å². The molecule has 10 heteroatoms. The van der Waals surface area contributed by atoms with E-state index in [4.69, 9.17) is 9.47 Å². The Hall–Kier alpha value is -3.79. The summed E-state index contributed by atoms with van der Waals surface area (Å²) in [5, 5.41) is 5.06. The van der Waals surface area contributed by atoms with E-state index in [1.54, 1.807) is 54.6 Å². The quantitative estimate of drug-likeness (QED) is 0.541. The van der Waals surface area contributed by atoms with Crippen LogP contribution in [0.1, 0.15) is 29.8 Å². The summed E-state index contributed by atoms with van der Waals surface area (Å²) in [6.07, 6.45) is 1.62. The van der Waals surface area contributed by atoms with Crippen molar-refractivity contribution in [3.63, 3.8) is 0 Å². The number of rotatable bonds is 8. The lowest BCUT2D eigenvalue weighted by atomic mass is 10.0. The average Bonchev–Trinajstić information content (AvgIpc) is 3.42. The topological polar surface area (TPSA) is 114 Å². The van der Waals surface area contributed by atoms with Crippen LogP contribution in [0.3, 0.4) is 0 Å². The molecule has 1 atom stereocenters. The van der Waals surface area contributed by atoms with Gasteiger partial charge in [-0.05, 0) is 53.6 Å². The molecular weight excluding hydrogens is 470 g/mol. The monoisotopic (exact) mass is 495 g/mol. The molecule has 182 valence electrons. The highest BCUT2D eigenvalue weighted by molar-refractivity contribution is 8.18. The highest BCUT2D eigenvalue weighted by Crippen LogP contribution is 2.36. The van der Waals surface area contributed by atoms with E-state index in [0.29, 0.717) is 22.6 Å². The third-order valence-corrected chi connectivity index (χ3v) is 6.38. The Labute approximate surface area is 206 Å². The largest absolute Gasteiger partial charge is 0.454 e. The standard InChI is InChI=1S/C25H25N3O6S/c1-15(2)21(27-22(29)17-6-4-3-5-7-17)23(30)26-10-11-28-24(31)20(35-25(28)32)13-16-8-9-18-19(12-16)34-14-33-18/h3-9,12-13,15,21H,10-11,14H2,1-2H3,(H,26,30)(H,27,29)/t21-/m0/s1. The second kappa shape index (κ2) is 10.6. The number of carbonyl (C=O) groups is 4. The van der Waals surface area contributed by atoms with Crippen molar-refractivity contribution in [2.75, 3.05) is 19.9 Å². The zero-order valence-electron chi connectivity index (χ0n) is 19.3. The molecule has 35 heavy (non-hydrogen) atoms. The fraction of sp³-hybridized carbons (Fsp3) is 0.280. The van der Waals surface area contributed by atoms with Crippen molar-refractivity contribution in [2.24, 2.45) is 5.92 Å². The molecule has 4 rings (SSSR count). The van der Waals surface area contributed by atoms with Gasteiger partial charge in [-0.1, -0.05) is 38.1 Å². The molecule has 2 aliphatic heterocycles. The number of thioether (sulfide) groups is 1. The molecule has 1 fully saturated rings. The summed E-state index contributed by atoms with van der Waals surface area (Å²) in [7, 11) is 0. The predicted octanol–water partition coefficient (Wildman–Crippen LogP) is 3.02. The van der Waals surface area contributed by atoms with E-state index < -0.39 is 17.2 Å². The molecular formula is C25H25N3O6S. The summed E-state index contributed by atoms with van der Waals surface area (Å²) in [6, 6.07) is 13.1. The van der Waals surface area contributed by atoms with E-state index in [1.165, 1.54) is 0 Å². The first-order valence-electron chi connectivity index (χ1n) is 11.1. The second-order valence-corrected chi connectivity index (χ2v) is 9.29. The molecule has 9 nitrogen and oxygen atoms in total. The number of benzene rings is 2. The maximum absolute atomic E-state index is 12.8. The minimum absolute atomic E-state index is 0.0202. The van der Waals surface area contributed by atoms with Gasteiger partial charge >= 0.3 is 0 Å². The van der Waals surface area contributed by atoms with Crippen molar-refractivity contribution in [2.45, 2.75) is 19.9 Å². The van der Waals surface area contributed by atoms with E-state index in [0.717, 1.165) is 16.7 Å². The molecule has 0 saturated carbocycles. The number of hydrogen-bond acceptors (Lipinski definition) is 7. The molecule has 2 N–H and O–H groups in total. The lowest BCUT2D eigenvalue weighted by molar-refractivity contribution is -0.125. The number of fused-ring (bicyclic) bond motifs is 1. The van der Waals surface area contributed by atoms with Gasteiger partial charge in [0.2, 0.25) is 12.7 Å². The molecule has 2 aromatic rings. The molecule has 2 aromatic carbocycles. The summed E-state index contributed by atoms with van der Waals surface area (Å²) in [5.41, 5.74) is 1.17. The van der Waals surface area contributed by atoms with Crippen LogP contribution in [0, 0.1) is 5.92 Å². The average molecular weight is 496 g/mol. The van der Waals surface area contributed by atoms with Crippen LogP contribution in [0.25, 0.3) is 6.08 Å². The van der Waals surface area contributed by atoms with Gasteiger partial charge in [-0.15, -0.1) is 0 Å². The third kappa shape index (κ3) is 5.65. The van der Waals surface area contributed by atoms with Crippen molar-refractivity contribution in [3.8, 4) is 11.5 Å². The fourth-order valence-electron chi connectivity index (χ4n) is 3.60. The molecule has 0 aliphatic carbocycles. The van der Waals surface area contributed by atoms with Gasteiger partial charge in [0.1, 0.15) is 6.04 Å². The molecule has 2 heterocycles. The van der Waals surface area contributed by atoms with Gasteiger partial charge in [0, 0.05) is 18.7 Å². The number of hydrogen-bond donors (Lipinski definition) is 2. The molecule has 0 aromatic heterocycles. The van der Waals surface area contributed by atoms with Crippen molar-refractivity contribution in [3.05, 3.63) is 64.6 Å². The second-order valence-electron chi connectivity index (χ2n) is 8.30. The third-order valence-electron chi connectivity index (χ3n) is 5.47. The zero-order chi connectivity index (χ0) is 24.9. The summed E-state index contributed by atoms with van der Waals surface area (Å²) in [6.45, 7) is 3.89. The Morgan fingerprint density at radius 3 is 2.57 bits per heavy atom. The Morgan fingerprint density at radius 2 is 1.83 bits per heavy atom. The van der Waals surface area contributed by atoms with Crippen LogP contribution in [0.4, 0.5) is 4.79 Å². The Bertz CT molecular complexity index is 1180. The van der Waals surface area contributed by atoms with Crippen LogP contribution in [-0.4, -0.2) is 53.8 Å². The van der Waals surface area contributed by atoms with Crippen molar-refractivity contribution >= 4 is 40.8 Å². The predicted molar refractivity (Wildman–Crippen MR) is 131 cm³/mol. The highest BCUT2D eigenvalue weighted by atomic mass is 32.2. The van der Waals surface area contributed by atoms with Gasteiger partial charge in [-0.2, -0.15) is 0 Å². The maximum atomic E-state index is 12.8. The van der Waals surface area contributed by atoms with Gasteiger partial charge in [0.15, 0.2) is 11.5 Å². The summed E-state index contributed by atoms with van der Waals surface area (Å²) < 4.78 is 10.6. The van der Waals surface area contributed by atoms with E-state index in [-0.39, 0.29) is 42.5 Å². The first kappa shape index (κ1) is 24.3. The van der Waals surface area contributed by atoms with E-state index in [2.05, 4.69) is 10.6 Å². The Balaban J connectivity index is 1.33. The van der Waals surface area contributed by atoms with Gasteiger partial charge in [0.25, 0.3) is 17.1 Å². The highest BCUT2D eigenvalue weighted by Gasteiger charge is 2.35. The van der Waals surface area contributed by atoms with Crippen LogP contribution in [0.15, 0.2) is 53.4 Å². The van der Waals surface area contributed by atoms with E-state index >= 15 is 0 Å². The van der Waals surface area contributed by atoms with Gasteiger partial charge in [-0.3, -0.25) is 24.1 Å². The van der Waals surface area contributed by atoms with Crippen LogP contribution in [0.5, 0.6) is 11.5 Å². The minimum atomic E-state index is -0.761. The Morgan fingerprint density at radius 1 is 1.09 bits per heavy atom. The number of nitrogens with one attached hydrogen (secondary N) is 2. The summed E-state index contributed by atoms with van der Waals surface area (Å²) in [4.78, 5) is 51.8. The molecule has 1 saturated heterocycles. The smallest absolute Gasteiger partial charge is 0.293 e. The maximum Gasteiger partial charge on any atom is 0.293 e. The molecule has 0 unspecified atom stereocenters. The molecule has 0 bridgehead atoms. The zero-order valence-corrected chi connectivity index (χ0v) is 20.1. The summed E-state index contributed by atoms with van der Waals surface area (Å²) in [5.74, 6) is -0.106. The van der Waals surface area contributed by atoms with Gasteiger partial charge in [0.05, 0.1) is 4.91 Å².